The van der Waals surface area contributed by atoms with Crippen LogP contribution < -0.4 is 5.73 Å². The Balaban J connectivity index is 2.51. The molecule has 3 aromatic rings. The number of rotatable bonds is 1. The summed E-state index contributed by atoms with van der Waals surface area (Å²) in [5.41, 5.74) is 10.6. The van der Waals surface area contributed by atoms with Crippen LogP contribution in [0.25, 0.3) is 21.9 Å². The second-order valence-electron chi connectivity index (χ2n) is 4.78. The second kappa shape index (κ2) is 5.23. The number of aryl methyl sites for hydroxylation is 1. The Hall–Kier alpha value is -1.32. The maximum atomic E-state index is 6.23. The van der Waals surface area contributed by atoms with Gasteiger partial charge in [0, 0.05) is 15.4 Å². The summed E-state index contributed by atoms with van der Waals surface area (Å²) in [5.74, 6) is 0. The molecule has 20 heavy (non-hydrogen) atoms. The van der Waals surface area contributed by atoms with Gasteiger partial charge in [0.25, 0.3) is 0 Å². The van der Waals surface area contributed by atoms with Crippen molar-refractivity contribution < 1.29 is 0 Å². The van der Waals surface area contributed by atoms with Gasteiger partial charge in [-0.1, -0.05) is 48.5 Å². The van der Waals surface area contributed by atoms with E-state index in [1.807, 2.05) is 12.1 Å². The number of hydrogen-bond donors (Lipinski definition) is 1. The highest BCUT2D eigenvalue weighted by atomic mass is 79.9. The van der Waals surface area contributed by atoms with E-state index in [1.165, 1.54) is 16.7 Å². The lowest BCUT2D eigenvalue weighted by molar-refractivity contribution is 1.46. The lowest BCUT2D eigenvalue weighted by Crippen LogP contribution is -1.94. The number of hydrogen-bond acceptors (Lipinski definition) is 1. The van der Waals surface area contributed by atoms with Gasteiger partial charge >= 0.3 is 0 Å². The molecule has 0 saturated heterocycles. The first-order valence-electron chi connectivity index (χ1n) is 6.32. The van der Waals surface area contributed by atoms with Crippen molar-refractivity contribution >= 4 is 48.3 Å². The third-order valence-corrected chi connectivity index (χ3v) is 5.70. The van der Waals surface area contributed by atoms with Gasteiger partial charge in [0.2, 0.25) is 0 Å². The van der Waals surface area contributed by atoms with Crippen molar-refractivity contribution in [3.63, 3.8) is 0 Å². The van der Waals surface area contributed by atoms with Gasteiger partial charge < -0.3 is 5.73 Å². The summed E-state index contributed by atoms with van der Waals surface area (Å²) in [4.78, 5) is 0. The van der Waals surface area contributed by atoms with E-state index in [4.69, 9.17) is 5.73 Å². The van der Waals surface area contributed by atoms with Gasteiger partial charge in [-0.05, 0) is 55.3 Å². The van der Waals surface area contributed by atoms with E-state index in [0.29, 0.717) is 0 Å². The number of anilines is 1. The van der Waals surface area contributed by atoms with E-state index in [0.717, 1.165) is 25.4 Å². The zero-order chi connectivity index (χ0) is 14.3. The third kappa shape index (κ3) is 2.05. The molecule has 100 valence electrons. The van der Waals surface area contributed by atoms with E-state index >= 15 is 0 Å². The fourth-order valence-corrected chi connectivity index (χ4v) is 3.57. The Labute approximate surface area is 135 Å². The normalized spacial score (nSPS) is 10.9. The molecule has 0 heterocycles. The fourth-order valence-electron chi connectivity index (χ4n) is 2.52. The van der Waals surface area contributed by atoms with Crippen molar-refractivity contribution in [1.29, 1.82) is 0 Å². The minimum atomic E-state index is 0.768. The van der Waals surface area contributed by atoms with Gasteiger partial charge in [-0.25, -0.2) is 0 Å². The van der Waals surface area contributed by atoms with Crippen LogP contribution in [0.15, 0.2) is 57.5 Å². The summed E-state index contributed by atoms with van der Waals surface area (Å²) < 4.78 is 1.91. The van der Waals surface area contributed by atoms with Crippen LogP contribution in [0.4, 0.5) is 5.69 Å². The molecule has 0 unspecified atom stereocenters. The number of halogens is 2. The molecular formula is C17H13Br2N. The van der Waals surface area contributed by atoms with Gasteiger partial charge in [-0.15, -0.1) is 0 Å². The SMILES string of the molecule is Cc1ccccc1-c1c(Br)c(Br)c(N)c2ccccc12. The van der Waals surface area contributed by atoms with Crippen molar-refractivity contribution in [3.8, 4) is 11.1 Å². The average molecular weight is 391 g/mol. The Morgan fingerprint density at radius 1 is 0.800 bits per heavy atom. The van der Waals surface area contributed by atoms with Crippen molar-refractivity contribution in [2.24, 2.45) is 0 Å². The highest BCUT2D eigenvalue weighted by Gasteiger charge is 2.16. The highest BCUT2D eigenvalue weighted by Crippen LogP contribution is 2.45. The van der Waals surface area contributed by atoms with Crippen LogP contribution in [0.2, 0.25) is 0 Å². The molecule has 0 fully saturated rings. The summed E-state index contributed by atoms with van der Waals surface area (Å²) >= 11 is 7.30. The van der Waals surface area contributed by atoms with Crippen LogP contribution in [-0.2, 0) is 0 Å². The molecule has 0 saturated carbocycles. The lowest BCUT2D eigenvalue weighted by atomic mass is 9.94. The number of benzene rings is 3. The quantitative estimate of drug-likeness (QED) is 0.512. The van der Waals surface area contributed by atoms with Gasteiger partial charge in [0.05, 0.1) is 10.2 Å². The molecule has 0 amide bonds. The van der Waals surface area contributed by atoms with Crippen molar-refractivity contribution in [1.82, 2.24) is 0 Å². The molecule has 0 atom stereocenters. The smallest absolute Gasteiger partial charge is 0.0559 e. The molecule has 1 nitrogen and oxygen atoms in total. The van der Waals surface area contributed by atoms with Gasteiger partial charge in [-0.3, -0.25) is 0 Å². The summed E-state index contributed by atoms with van der Waals surface area (Å²) in [7, 11) is 0. The zero-order valence-corrected chi connectivity index (χ0v) is 14.1. The summed E-state index contributed by atoms with van der Waals surface area (Å²) in [5, 5.41) is 2.23. The van der Waals surface area contributed by atoms with Crippen LogP contribution in [0.5, 0.6) is 0 Å². The fraction of sp³-hybridized carbons (Fsp3) is 0.0588. The maximum Gasteiger partial charge on any atom is 0.0559 e. The number of nitrogens with two attached hydrogens (primary N) is 1. The molecule has 0 aliphatic heterocycles. The largest absolute Gasteiger partial charge is 0.397 e. The molecule has 2 N–H and O–H groups in total. The molecular weight excluding hydrogens is 378 g/mol. The molecule has 0 spiro atoms. The third-order valence-electron chi connectivity index (χ3n) is 3.55. The lowest BCUT2D eigenvalue weighted by Gasteiger charge is -2.16. The van der Waals surface area contributed by atoms with E-state index in [2.05, 4.69) is 75.2 Å². The van der Waals surface area contributed by atoms with E-state index < -0.39 is 0 Å². The Kier molecular flexibility index (Phi) is 3.57. The van der Waals surface area contributed by atoms with Gasteiger partial charge in [0.15, 0.2) is 0 Å². The van der Waals surface area contributed by atoms with E-state index in [9.17, 15) is 0 Å². The molecule has 0 aromatic heterocycles. The molecule has 0 bridgehead atoms. The molecule has 0 radical (unpaired) electrons. The van der Waals surface area contributed by atoms with Crippen LogP contribution in [0, 0.1) is 6.92 Å². The van der Waals surface area contributed by atoms with Crippen LogP contribution in [-0.4, -0.2) is 0 Å². The Morgan fingerprint density at radius 3 is 2.10 bits per heavy atom. The Morgan fingerprint density at radius 2 is 1.40 bits per heavy atom. The van der Waals surface area contributed by atoms with Crippen molar-refractivity contribution in [2.45, 2.75) is 6.92 Å². The topological polar surface area (TPSA) is 26.0 Å². The maximum absolute atomic E-state index is 6.23. The first-order valence-corrected chi connectivity index (χ1v) is 7.91. The Bertz CT molecular complexity index is 809. The first kappa shape index (κ1) is 13.7. The minimum Gasteiger partial charge on any atom is -0.397 e. The average Bonchev–Trinajstić information content (AvgIpc) is 2.47. The van der Waals surface area contributed by atoms with Crippen LogP contribution in [0.3, 0.4) is 0 Å². The monoisotopic (exact) mass is 389 g/mol. The van der Waals surface area contributed by atoms with E-state index in [-0.39, 0.29) is 0 Å². The van der Waals surface area contributed by atoms with Gasteiger partial charge in [0.1, 0.15) is 0 Å². The zero-order valence-electron chi connectivity index (χ0n) is 11.0. The first-order chi connectivity index (χ1) is 9.61. The number of fused-ring (bicyclic) bond motifs is 1. The predicted octanol–water partition coefficient (Wildman–Crippen LogP) is 5.92. The van der Waals surface area contributed by atoms with Crippen LogP contribution >= 0.6 is 31.9 Å². The summed E-state index contributed by atoms with van der Waals surface area (Å²) in [6.07, 6.45) is 0. The highest BCUT2D eigenvalue weighted by molar-refractivity contribution is 9.13. The van der Waals surface area contributed by atoms with Crippen LogP contribution in [0.1, 0.15) is 5.56 Å². The predicted molar refractivity (Wildman–Crippen MR) is 93.9 cm³/mol. The summed E-state index contributed by atoms with van der Waals surface area (Å²) in [6, 6.07) is 16.6. The molecule has 3 aromatic carbocycles. The van der Waals surface area contributed by atoms with E-state index in [1.54, 1.807) is 0 Å². The molecule has 3 rings (SSSR count). The number of nitrogen functional groups attached to an aromatic ring is 1. The minimum absolute atomic E-state index is 0.768. The standard InChI is InChI=1S/C17H13Br2N/c1-10-6-2-3-7-11(10)14-12-8-4-5-9-13(12)17(20)16(19)15(14)18/h2-9H,20H2,1H3. The van der Waals surface area contributed by atoms with Gasteiger partial charge in [-0.2, -0.15) is 0 Å². The molecule has 3 heteroatoms. The van der Waals surface area contributed by atoms with Crippen molar-refractivity contribution in [3.05, 3.63) is 63.0 Å². The second-order valence-corrected chi connectivity index (χ2v) is 6.36. The molecule has 0 aliphatic carbocycles. The summed E-state index contributed by atoms with van der Waals surface area (Å²) in [6.45, 7) is 2.13. The molecule has 0 aliphatic rings. The van der Waals surface area contributed by atoms with Crippen molar-refractivity contribution in [2.75, 3.05) is 5.73 Å².